The molecule has 8 rings (SSSR count). The van der Waals surface area contributed by atoms with Crippen LogP contribution < -0.4 is 15.4 Å². The van der Waals surface area contributed by atoms with E-state index in [1.807, 2.05) is 85.8 Å². The summed E-state index contributed by atoms with van der Waals surface area (Å²) in [7, 11) is 1.54. The van der Waals surface area contributed by atoms with Crippen LogP contribution in [0, 0.1) is 12.8 Å². The second-order valence-electron chi connectivity index (χ2n) is 14.0. The number of para-hydroxylation sites is 3. The molecule has 4 heterocycles. The molecule has 12 heteroatoms. The number of ether oxygens (including phenoxy) is 1. The first-order valence-corrected chi connectivity index (χ1v) is 20.0. The van der Waals surface area contributed by atoms with Gasteiger partial charge in [-0.1, -0.05) is 82.3 Å². The van der Waals surface area contributed by atoms with Crippen molar-refractivity contribution in [2.24, 2.45) is 15.9 Å². The van der Waals surface area contributed by atoms with Crippen LogP contribution in [-0.4, -0.2) is 45.5 Å². The van der Waals surface area contributed by atoms with Gasteiger partial charge in [-0.25, -0.2) is 20.0 Å². The molecule has 0 unspecified atom stereocenters. The summed E-state index contributed by atoms with van der Waals surface area (Å²) >= 11 is 3.09. The summed E-state index contributed by atoms with van der Waals surface area (Å²) in [5.41, 5.74) is 6.71. The number of aliphatic imine (C=N–C) groups is 2. The number of amides is 2. The predicted molar refractivity (Wildman–Crippen MR) is 229 cm³/mol. The zero-order valence-corrected chi connectivity index (χ0v) is 33.4. The van der Waals surface area contributed by atoms with Gasteiger partial charge in [0.25, 0.3) is 11.8 Å². The molecular weight excluding hydrogens is 739 g/mol. The van der Waals surface area contributed by atoms with Gasteiger partial charge in [0.1, 0.15) is 33.2 Å². The summed E-state index contributed by atoms with van der Waals surface area (Å²) in [5, 5.41) is 7.74. The maximum absolute atomic E-state index is 13.9. The van der Waals surface area contributed by atoms with Gasteiger partial charge in [-0.15, -0.1) is 22.7 Å². The molecule has 7 aromatic rings. The maximum atomic E-state index is 13.9. The number of anilines is 1. The number of aromatic amines is 1. The smallest absolute Gasteiger partial charge is 0.260 e. The lowest BCUT2D eigenvalue weighted by atomic mass is 9.97. The molecule has 0 atom stereocenters. The molecule has 280 valence electrons. The number of aryl methyl sites for hydroxylation is 1. The van der Waals surface area contributed by atoms with Crippen LogP contribution in [0.3, 0.4) is 0 Å². The highest BCUT2D eigenvalue weighted by atomic mass is 32.1. The lowest BCUT2D eigenvalue weighted by molar-refractivity contribution is 0.0973. The fraction of sp³-hybridized carbons (Fsp3) is 0.182. The molecule has 4 aromatic carbocycles. The lowest BCUT2D eigenvalue weighted by Gasteiger charge is -2.12. The van der Waals surface area contributed by atoms with Gasteiger partial charge in [0.2, 0.25) is 0 Å². The van der Waals surface area contributed by atoms with Crippen LogP contribution in [0.25, 0.3) is 36.6 Å². The number of hydrogen-bond acceptors (Lipinski definition) is 8. The Bertz CT molecular complexity index is 2700. The third kappa shape index (κ3) is 6.82. The molecule has 56 heavy (non-hydrogen) atoms. The van der Waals surface area contributed by atoms with Gasteiger partial charge >= 0.3 is 0 Å². The number of carbonyl (C=O) groups excluding carboxylic acids is 2. The number of benzene rings is 4. The summed E-state index contributed by atoms with van der Waals surface area (Å²) < 4.78 is 7.57. The quantitative estimate of drug-likeness (QED) is 0.134. The first-order valence-electron chi connectivity index (χ1n) is 18.3. The Morgan fingerprint density at radius 1 is 0.732 bits per heavy atom. The van der Waals surface area contributed by atoms with E-state index in [1.54, 1.807) is 29.5 Å². The van der Waals surface area contributed by atoms with E-state index in [2.05, 4.69) is 43.3 Å². The lowest BCUT2D eigenvalue weighted by Crippen LogP contribution is -2.31. The summed E-state index contributed by atoms with van der Waals surface area (Å²) in [4.78, 5) is 51.7. The highest BCUT2D eigenvalue weighted by Gasteiger charge is 2.34. The molecule has 0 fully saturated rings. The van der Waals surface area contributed by atoms with Crippen molar-refractivity contribution in [3.63, 3.8) is 0 Å². The fourth-order valence-electron chi connectivity index (χ4n) is 6.95. The molecule has 2 amide bonds. The third-order valence-corrected chi connectivity index (χ3v) is 11.7. The van der Waals surface area contributed by atoms with Crippen molar-refractivity contribution < 1.29 is 14.3 Å². The summed E-state index contributed by atoms with van der Waals surface area (Å²) in [6, 6.07) is 30.5. The van der Waals surface area contributed by atoms with Gasteiger partial charge in [-0.05, 0) is 66.8 Å². The van der Waals surface area contributed by atoms with Gasteiger partial charge in [-0.3, -0.25) is 9.59 Å². The van der Waals surface area contributed by atoms with E-state index in [-0.39, 0.29) is 23.7 Å². The number of carbonyl (C=O) groups is 2. The van der Waals surface area contributed by atoms with Crippen molar-refractivity contribution in [1.29, 1.82) is 0 Å². The molecule has 3 N–H and O–H groups in total. The van der Waals surface area contributed by atoms with Crippen molar-refractivity contribution in [3.8, 4) is 16.3 Å². The molecular formula is C44H39N7O3S2. The second-order valence-corrected chi connectivity index (χ2v) is 16.1. The Morgan fingerprint density at radius 3 is 1.96 bits per heavy atom. The van der Waals surface area contributed by atoms with E-state index in [1.165, 1.54) is 18.4 Å². The van der Waals surface area contributed by atoms with Gasteiger partial charge in [0.15, 0.2) is 5.84 Å². The normalized spacial score (nSPS) is 13.7. The standard InChI is InChI=1S/C44H39N7O3S2/c1-23(2)33-35(43-45-28-18-10-13-21-31(28)55-43)39(50-41(52)26-16-8-7-15-25(26)5)48-37(33)47-38-34(24(3)4)36(44-46-29-19-11-14-22-32(29)56-44)40(49-38)51-42(53)27-17-9-12-20-30(27)54-6/h7-24,48H,1-6H3,(H,50,52)(H,47,49,51,53). The molecule has 0 spiro atoms. The SMILES string of the molecule is COc1ccccc1C(=O)NC1=N/C(=N\c2[nH]c(NC(=O)c3ccccc3C)c(-c3nc4ccccc4s3)c2C(C)C)C(C(C)C)=C1c1nc2ccccc2s1. The van der Waals surface area contributed by atoms with E-state index < -0.39 is 0 Å². The van der Waals surface area contributed by atoms with E-state index >= 15 is 0 Å². The number of nitrogens with zero attached hydrogens (tertiary/aromatic N) is 4. The molecule has 10 nitrogen and oxygen atoms in total. The number of fused-ring (bicyclic) bond motifs is 2. The van der Waals surface area contributed by atoms with Gasteiger partial charge in [0.05, 0.1) is 44.2 Å². The molecule has 0 aliphatic carbocycles. The van der Waals surface area contributed by atoms with Crippen LogP contribution in [0.1, 0.15) is 70.5 Å². The Morgan fingerprint density at radius 2 is 1.32 bits per heavy atom. The van der Waals surface area contributed by atoms with E-state index in [0.717, 1.165) is 52.7 Å². The van der Waals surface area contributed by atoms with Crippen molar-refractivity contribution in [2.45, 2.75) is 40.5 Å². The number of aromatic nitrogens is 3. The largest absolute Gasteiger partial charge is 0.496 e. The molecule has 0 saturated carbocycles. The van der Waals surface area contributed by atoms with Crippen LogP contribution in [0.4, 0.5) is 11.6 Å². The molecule has 1 aliphatic rings. The predicted octanol–water partition coefficient (Wildman–Crippen LogP) is 10.6. The number of amidine groups is 2. The molecule has 0 radical (unpaired) electrons. The van der Waals surface area contributed by atoms with E-state index in [4.69, 9.17) is 24.7 Å². The van der Waals surface area contributed by atoms with Gasteiger partial charge < -0.3 is 20.4 Å². The topological polar surface area (TPSA) is 134 Å². The first kappa shape index (κ1) is 36.7. The van der Waals surface area contributed by atoms with Crippen molar-refractivity contribution in [1.82, 2.24) is 20.3 Å². The minimum absolute atomic E-state index is 0.0398. The monoisotopic (exact) mass is 777 g/mol. The second kappa shape index (κ2) is 15.1. The Balaban J connectivity index is 1.33. The van der Waals surface area contributed by atoms with Crippen molar-refractivity contribution in [3.05, 3.63) is 130 Å². The average molecular weight is 778 g/mol. The van der Waals surface area contributed by atoms with Gasteiger partial charge in [-0.2, -0.15) is 0 Å². The number of rotatable bonds is 9. The number of nitrogens with one attached hydrogen (secondary N) is 3. The van der Waals surface area contributed by atoms with Crippen LogP contribution in [0.15, 0.2) is 113 Å². The first-order chi connectivity index (χ1) is 27.1. The van der Waals surface area contributed by atoms with E-state index in [9.17, 15) is 9.59 Å². The Labute approximate surface area is 332 Å². The number of H-pyrrole nitrogens is 1. The summed E-state index contributed by atoms with van der Waals surface area (Å²) in [6.07, 6.45) is 0. The van der Waals surface area contributed by atoms with Crippen LogP contribution >= 0.6 is 22.7 Å². The number of thiazole rings is 2. The van der Waals surface area contributed by atoms with Crippen LogP contribution in [-0.2, 0) is 0 Å². The third-order valence-electron chi connectivity index (χ3n) is 9.58. The molecule has 0 saturated heterocycles. The zero-order valence-electron chi connectivity index (χ0n) is 31.7. The van der Waals surface area contributed by atoms with Gasteiger partial charge in [0, 0.05) is 16.7 Å². The van der Waals surface area contributed by atoms with Crippen LogP contribution in [0.5, 0.6) is 5.75 Å². The maximum Gasteiger partial charge on any atom is 0.260 e. The highest BCUT2D eigenvalue weighted by molar-refractivity contribution is 7.21. The number of hydrogen-bond donors (Lipinski definition) is 3. The average Bonchev–Trinajstić information content (AvgIpc) is 3.97. The Kier molecular flexibility index (Phi) is 9.92. The molecule has 3 aromatic heterocycles. The minimum atomic E-state index is -0.369. The minimum Gasteiger partial charge on any atom is -0.496 e. The number of methoxy groups -OCH3 is 1. The van der Waals surface area contributed by atoms with Crippen molar-refractivity contribution in [2.75, 3.05) is 12.4 Å². The fourth-order valence-corrected chi connectivity index (χ4v) is 9.00. The zero-order chi connectivity index (χ0) is 39.1. The summed E-state index contributed by atoms with van der Waals surface area (Å²) in [5.74, 6) is 1.53. The summed E-state index contributed by atoms with van der Waals surface area (Å²) in [6.45, 7) is 10.3. The van der Waals surface area contributed by atoms with Crippen LogP contribution in [0.2, 0.25) is 0 Å². The highest BCUT2D eigenvalue weighted by Crippen LogP contribution is 2.46. The molecule has 0 bridgehead atoms. The molecule has 1 aliphatic heterocycles. The Hall–Kier alpha value is -6.24. The van der Waals surface area contributed by atoms with E-state index in [0.29, 0.717) is 45.8 Å². The van der Waals surface area contributed by atoms with Crippen molar-refractivity contribution >= 4 is 83.8 Å².